The molecular formula is C22H24N6O. The van der Waals surface area contributed by atoms with Crippen LogP contribution in [0.1, 0.15) is 37.1 Å². The van der Waals surface area contributed by atoms with E-state index in [1.54, 1.807) is 10.9 Å². The van der Waals surface area contributed by atoms with Crippen LogP contribution in [0.25, 0.3) is 27.7 Å². The minimum atomic E-state index is -0.0158. The summed E-state index contributed by atoms with van der Waals surface area (Å²) >= 11 is 0. The molecule has 1 aromatic carbocycles. The third-order valence-corrected chi connectivity index (χ3v) is 5.78. The molecule has 0 saturated carbocycles. The molecule has 1 saturated heterocycles. The van der Waals surface area contributed by atoms with Gasteiger partial charge in [-0.05, 0) is 63.9 Å². The second kappa shape index (κ2) is 6.77. The second-order valence-corrected chi connectivity index (χ2v) is 8.09. The van der Waals surface area contributed by atoms with Gasteiger partial charge in [-0.1, -0.05) is 6.07 Å². The molecule has 4 aromatic rings. The van der Waals surface area contributed by atoms with Crippen LogP contribution in [-0.2, 0) is 0 Å². The van der Waals surface area contributed by atoms with Crippen LogP contribution in [0.2, 0.25) is 0 Å². The number of nitrogens with one attached hydrogen (secondary N) is 1. The van der Waals surface area contributed by atoms with Crippen molar-refractivity contribution < 1.29 is 0 Å². The number of imidazole rings is 1. The van der Waals surface area contributed by atoms with Crippen molar-refractivity contribution in [3.8, 4) is 11.3 Å². The highest BCUT2D eigenvalue weighted by Gasteiger charge is 2.22. The zero-order chi connectivity index (χ0) is 20.1. The normalized spacial score (nSPS) is 19.8. The van der Waals surface area contributed by atoms with Crippen LogP contribution in [0, 0.1) is 13.8 Å². The first-order valence-corrected chi connectivity index (χ1v) is 10.1. The first kappa shape index (κ1) is 18.0. The summed E-state index contributed by atoms with van der Waals surface area (Å²) in [6.45, 7) is 7.06. The number of hydrogen-bond acceptors (Lipinski definition) is 5. The quantitative estimate of drug-likeness (QED) is 0.571. The largest absolute Gasteiger partial charge is 0.314 e. The fourth-order valence-electron chi connectivity index (χ4n) is 4.30. The number of nitrogens with zero attached hydrogens (tertiary/aromatic N) is 5. The lowest BCUT2D eigenvalue weighted by atomic mass is 10.0. The Morgan fingerprint density at radius 1 is 1.21 bits per heavy atom. The third-order valence-electron chi connectivity index (χ3n) is 5.78. The molecule has 7 nitrogen and oxygen atoms in total. The summed E-state index contributed by atoms with van der Waals surface area (Å²) in [5.41, 5.74) is 4.67. The van der Waals surface area contributed by atoms with Crippen molar-refractivity contribution in [3.05, 3.63) is 58.3 Å². The Bertz CT molecular complexity index is 1290. The van der Waals surface area contributed by atoms with Crippen LogP contribution in [0.5, 0.6) is 0 Å². The molecule has 0 radical (unpaired) electrons. The number of aryl methyl sites for hydroxylation is 2. The van der Waals surface area contributed by atoms with Gasteiger partial charge in [0.15, 0.2) is 5.65 Å². The van der Waals surface area contributed by atoms with Gasteiger partial charge in [-0.2, -0.15) is 10.2 Å². The van der Waals surface area contributed by atoms with E-state index in [0.29, 0.717) is 11.4 Å². The zero-order valence-corrected chi connectivity index (χ0v) is 16.9. The lowest BCUT2D eigenvalue weighted by Gasteiger charge is -2.28. The van der Waals surface area contributed by atoms with Crippen LogP contribution in [0.3, 0.4) is 0 Å². The lowest BCUT2D eigenvalue weighted by molar-refractivity contribution is 0.288. The van der Waals surface area contributed by atoms with Gasteiger partial charge in [-0.3, -0.25) is 4.79 Å². The third kappa shape index (κ3) is 3.11. The topological polar surface area (TPSA) is 77.1 Å². The van der Waals surface area contributed by atoms with Crippen molar-refractivity contribution in [2.75, 3.05) is 6.54 Å². The summed E-state index contributed by atoms with van der Waals surface area (Å²) in [5, 5.41) is 14.2. The number of piperidine rings is 1. The van der Waals surface area contributed by atoms with Crippen molar-refractivity contribution in [3.63, 3.8) is 0 Å². The van der Waals surface area contributed by atoms with Gasteiger partial charge >= 0.3 is 0 Å². The van der Waals surface area contributed by atoms with E-state index in [1.165, 1.54) is 0 Å². The SMILES string of the molecule is Cc1cn2nc(-c3ccc4c(=O)n([C@@H]5CCN[C@H](C)C5)ncc4c3)cc(C)c2n1. The van der Waals surface area contributed by atoms with Gasteiger partial charge in [-0.25, -0.2) is 14.2 Å². The van der Waals surface area contributed by atoms with Crippen molar-refractivity contribution in [2.45, 2.75) is 45.7 Å². The molecular weight excluding hydrogens is 364 g/mol. The average molecular weight is 388 g/mol. The van der Waals surface area contributed by atoms with Gasteiger partial charge in [-0.15, -0.1) is 0 Å². The molecule has 4 heterocycles. The molecule has 0 amide bonds. The minimum Gasteiger partial charge on any atom is -0.314 e. The van der Waals surface area contributed by atoms with Crippen molar-refractivity contribution >= 4 is 16.4 Å². The van der Waals surface area contributed by atoms with E-state index in [-0.39, 0.29) is 11.6 Å². The van der Waals surface area contributed by atoms with Gasteiger partial charge < -0.3 is 5.32 Å². The number of aromatic nitrogens is 5. The molecule has 3 aromatic heterocycles. The monoisotopic (exact) mass is 388 g/mol. The van der Waals surface area contributed by atoms with Gasteiger partial charge in [0.05, 0.1) is 35.2 Å². The highest BCUT2D eigenvalue weighted by molar-refractivity contribution is 5.85. The summed E-state index contributed by atoms with van der Waals surface area (Å²) in [6.07, 6.45) is 5.57. The van der Waals surface area contributed by atoms with Gasteiger partial charge in [0.1, 0.15) is 0 Å². The molecule has 0 bridgehead atoms. The van der Waals surface area contributed by atoms with Crippen molar-refractivity contribution in [2.24, 2.45) is 0 Å². The molecule has 1 aliphatic heterocycles. The Morgan fingerprint density at radius 3 is 2.90 bits per heavy atom. The summed E-state index contributed by atoms with van der Waals surface area (Å²) in [7, 11) is 0. The predicted octanol–water partition coefficient (Wildman–Crippen LogP) is 3.04. The molecule has 1 fully saturated rings. The van der Waals surface area contributed by atoms with Crippen molar-refractivity contribution in [1.29, 1.82) is 0 Å². The molecule has 7 heteroatoms. The number of benzene rings is 1. The molecule has 1 aliphatic rings. The molecule has 5 rings (SSSR count). The van der Waals surface area contributed by atoms with Crippen LogP contribution < -0.4 is 10.9 Å². The Balaban J connectivity index is 1.58. The molecule has 2 atom stereocenters. The Morgan fingerprint density at radius 2 is 2.07 bits per heavy atom. The summed E-state index contributed by atoms with van der Waals surface area (Å²) in [5.74, 6) is 0. The summed E-state index contributed by atoms with van der Waals surface area (Å²) < 4.78 is 3.49. The Hall–Kier alpha value is -3.06. The minimum absolute atomic E-state index is 0.0158. The lowest BCUT2D eigenvalue weighted by Crippen LogP contribution is -2.40. The van der Waals surface area contributed by atoms with E-state index in [9.17, 15) is 4.79 Å². The smallest absolute Gasteiger partial charge is 0.274 e. The number of hydrogen-bond donors (Lipinski definition) is 1. The van der Waals surface area contributed by atoms with Gasteiger partial charge in [0.25, 0.3) is 5.56 Å². The molecule has 148 valence electrons. The maximum atomic E-state index is 13.1. The molecule has 1 N–H and O–H groups in total. The van der Waals surface area contributed by atoms with Crippen LogP contribution in [0.15, 0.2) is 41.5 Å². The molecule has 0 aliphatic carbocycles. The number of rotatable bonds is 2. The first-order chi connectivity index (χ1) is 14.0. The van der Waals surface area contributed by atoms with E-state index >= 15 is 0 Å². The first-order valence-electron chi connectivity index (χ1n) is 10.1. The fourth-order valence-corrected chi connectivity index (χ4v) is 4.30. The molecule has 0 unspecified atom stereocenters. The highest BCUT2D eigenvalue weighted by atomic mass is 16.1. The predicted molar refractivity (Wildman–Crippen MR) is 113 cm³/mol. The average Bonchev–Trinajstić information content (AvgIpc) is 3.09. The highest BCUT2D eigenvalue weighted by Crippen LogP contribution is 2.25. The van der Waals surface area contributed by atoms with E-state index < -0.39 is 0 Å². The van der Waals surface area contributed by atoms with E-state index in [2.05, 4.69) is 22.3 Å². The van der Waals surface area contributed by atoms with Crippen LogP contribution in [-0.4, -0.2) is 37.0 Å². The summed E-state index contributed by atoms with van der Waals surface area (Å²) in [6, 6.07) is 8.45. The zero-order valence-electron chi connectivity index (χ0n) is 16.9. The second-order valence-electron chi connectivity index (χ2n) is 8.09. The molecule has 0 spiro atoms. The Kier molecular flexibility index (Phi) is 4.20. The van der Waals surface area contributed by atoms with Gasteiger partial charge in [0.2, 0.25) is 0 Å². The fraction of sp³-hybridized carbons (Fsp3) is 0.364. The van der Waals surface area contributed by atoms with Crippen LogP contribution >= 0.6 is 0 Å². The molecule has 29 heavy (non-hydrogen) atoms. The maximum Gasteiger partial charge on any atom is 0.274 e. The standard InChI is InChI=1S/C22H24N6O/c1-13-8-20(26-27-12-15(3)25-21(13)27)16-4-5-19-17(10-16)11-24-28(22(19)29)18-6-7-23-14(2)9-18/h4-5,8,10-12,14,18,23H,6-7,9H2,1-3H3/t14-,18-/m1/s1. The van der Waals surface area contributed by atoms with Crippen LogP contribution in [0.4, 0.5) is 0 Å². The summed E-state index contributed by atoms with van der Waals surface area (Å²) in [4.78, 5) is 17.6. The van der Waals surface area contributed by atoms with E-state index in [0.717, 1.165) is 52.9 Å². The van der Waals surface area contributed by atoms with Crippen molar-refractivity contribution in [1.82, 2.24) is 29.7 Å². The van der Waals surface area contributed by atoms with E-state index in [1.807, 2.05) is 48.8 Å². The number of fused-ring (bicyclic) bond motifs is 2. The Labute approximate surface area is 168 Å². The van der Waals surface area contributed by atoms with E-state index in [4.69, 9.17) is 5.10 Å². The maximum absolute atomic E-state index is 13.1. The van der Waals surface area contributed by atoms with Gasteiger partial charge in [0, 0.05) is 17.0 Å².